The molecule has 0 aromatic carbocycles. The third kappa shape index (κ3) is 19.6. The van der Waals surface area contributed by atoms with Crippen molar-refractivity contribution in [2.24, 2.45) is 0 Å². The van der Waals surface area contributed by atoms with Gasteiger partial charge in [-0.3, -0.25) is 14.5 Å². The third-order valence-corrected chi connectivity index (χ3v) is 6.12. The second kappa shape index (κ2) is 24.4. The van der Waals surface area contributed by atoms with Crippen LogP contribution in [-0.4, -0.2) is 76.1 Å². The summed E-state index contributed by atoms with van der Waals surface area (Å²) in [5.41, 5.74) is 0. The fourth-order valence-corrected chi connectivity index (χ4v) is 3.97. The van der Waals surface area contributed by atoms with E-state index in [1.807, 2.05) is 0 Å². The van der Waals surface area contributed by atoms with Crippen molar-refractivity contribution in [1.29, 1.82) is 0 Å². The standard InChI is InChI=1S/C28H51NO6/c1-2-3-4-5-6-7-8-9-10-11-12-13-14-15-19-32-21-23-34-25-26-35-24-22-33-20-18-29-27(30)16-17-28(29)31/h16-17H,2-15,18-26H2,1H3. The molecular weight excluding hydrogens is 446 g/mol. The lowest BCUT2D eigenvalue weighted by Gasteiger charge is -2.13. The molecule has 7 heteroatoms. The van der Waals surface area contributed by atoms with Gasteiger partial charge in [0, 0.05) is 18.8 Å². The molecule has 0 saturated heterocycles. The van der Waals surface area contributed by atoms with Crippen molar-refractivity contribution in [2.75, 3.05) is 59.4 Å². The van der Waals surface area contributed by atoms with E-state index in [1.165, 1.54) is 95.6 Å². The van der Waals surface area contributed by atoms with Crippen LogP contribution in [0.2, 0.25) is 0 Å². The molecule has 0 atom stereocenters. The average molecular weight is 498 g/mol. The van der Waals surface area contributed by atoms with E-state index in [0.29, 0.717) is 46.2 Å². The number of carbonyl (C=O) groups excluding carboxylic acids is 2. The number of amides is 2. The predicted molar refractivity (Wildman–Crippen MR) is 139 cm³/mol. The molecule has 1 aliphatic heterocycles. The smallest absolute Gasteiger partial charge is 0.253 e. The molecule has 204 valence electrons. The molecule has 7 nitrogen and oxygen atoms in total. The Balaban J connectivity index is 1.65. The van der Waals surface area contributed by atoms with E-state index in [0.717, 1.165) is 17.9 Å². The Morgan fingerprint density at radius 2 is 0.829 bits per heavy atom. The van der Waals surface area contributed by atoms with Crippen LogP contribution in [0.15, 0.2) is 12.2 Å². The first-order chi connectivity index (χ1) is 17.3. The monoisotopic (exact) mass is 497 g/mol. The predicted octanol–water partition coefficient (Wildman–Crippen LogP) is 5.46. The highest BCUT2D eigenvalue weighted by Gasteiger charge is 2.22. The first kappa shape index (κ1) is 31.7. The number of imide groups is 1. The zero-order valence-corrected chi connectivity index (χ0v) is 22.3. The van der Waals surface area contributed by atoms with Crippen LogP contribution in [0.1, 0.15) is 96.8 Å². The Labute approximate surface area is 213 Å². The Morgan fingerprint density at radius 3 is 1.26 bits per heavy atom. The Morgan fingerprint density at radius 1 is 0.486 bits per heavy atom. The molecule has 0 aromatic rings. The van der Waals surface area contributed by atoms with Gasteiger partial charge in [0.25, 0.3) is 11.8 Å². The molecule has 0 aromatic heterocycles. The van der Waals surface area contributed by atoms with Crippen LogP contribution in [0.25, 0.3) is 0 Å². The van der Waals surface area contributed by atoms with Crippen LogP contribution >= 0.6 is 0 Å². The Hall–Kier alpha value is -1.28. The second-order valence-corrected chi connectivity index (χ2v) is 9.21. The fourth-order valence-electron chi connectivity index (χ4n) is 3.97. The molecule has 0 saturated carbocycles. The van der Waals surface area contributed by atoms with Gasteiger partial charge in [0.05, 0.1) is 52.8 Å². The van der Waals surface area contributed by atoms with Crippen LogP contribution in [0.4, 0.5) is 0 Å². The van der Waals surface area contributed by atoms with Gasteiger partial charge < -0.3 is 18.9 Å². The summed E-state index contributed by atoms with van der Waals surface area (Å²) in [4.78, 5) is 23.9. The van der Waals surface area contributed by atoms with Crippen molar-refractivity contribution in [1.82, 2.24) is 4.90 Å². The molecule has 0 aliphatic carbocycles. The largest absolute Gasteiger partial charge is 0.379 e. The number of nitrogens with zero attached hydrogens (tertiary/aromatic N) is 1. The Bertz CT molecular complexity index is 522. The molecule has 0 bridgehead atoms. The van der Waals surface area contributed by atoms with Crippen molar-refractivity contribution >= 4 is 11.8 Å². The van der Waals surface area contributed by atoms with E-state index in [-0.39, 0.29) is 18.4 Å². The quantitative estimate of drug-likeness (QED) is 0.111. The highest BCUT2D eigenvalue weighted by molar-refractivity contribution is 6.12. The van der Waals surface area contributed by atoms with Gasteiger partial charge in [-0.2, -0.15) is 0 Å². The molecule has 0 spiro atoms. The van der Waals surface area contributed by atoms with E-state index < -0.39 is 0 Å². The minimum Gasteiger partial charge on any atom is -0.379 e. The SMILES string of the molecule is CCCCCCCCCCCCCCCCOCCOCCOCCOCCN1C(=O)C=CC1=O. The molecular formula is C28H51NO6. The first-order valence-electron chi connectivity index (χ1n) is 14.1. The highest BCUT2D eigenvalue weighted by Crippen LogP contribution is 2.13. The summed E-state index contributed by atoms with van der Waals surface area (Å²) in [6.07, 6.45) is 21.7. The molecule has 0 N–H and O–H groups in total. The summed E-state index contributed by atoms with van der Waals surface area (Å²) >= 11 is 0. The molecule has 1 aliphatic rings. The number of carbonyl (C=O) groups is 2. The van der Waals surface area contributed by atoms with Crippen LogP contribution < -0.4 is 0 Å². The minimum atomic E-state index is -0.282. The van der Waals surface area contributed by atoms with Gasteiger partial charge in [-0.15, -0.1) is 0 Å². The van der Waals surface area contributed by atoms with Crippen LogP contribution in [0.3, 0.4) is 0 Å². The number of unbranched alkanes of at least 4 members (excludes halogenated alkanes) is 13. The lowest BCUT2D eigenvalue weighted by atomic mass is 10.0. The maximum Gasteiger partial charge on any atom is 0.253 e. The molecule has 0 radical (unpaired) electrons. The van der Waals surface area contributed by atoms with Crippen molar-refractivity contribution in [3.63, 3.8) is 0 Å². The van der Waals surface area contributed by atoms with Gasteiger partial charge in [0.15, 0.2) is 0 Å². The molecule has 0 fully saturated rings. The summed E-state index contributed by atoms with van der Waals surface area (Å²) in [5, 5.41) is 0. The van der Waals surface area contributed by atoms with Crippen LogP contribution in [0.5, 0.6) is 0 Å². The molecule has 1 rings (SSSR count). The van der Waals surface area contributed by atoms with Gasteiger partial charge in [-0.1, -0.05) is 90.4 Å². The van der Waals surface area contributed by atoms with Crippen molar-refractivity contribution in [2.45, 2.75) is 96.8 Å². The lowest BCUT2D eigenvalue weighted by Crippen LogP contribution is -2.33. The van der Waals surface area contributed by atoms with Crippen molar-refractivity contribution in [3.05, 3.63) is 12.2 Å². The number of hydrogen-bond donors (Lipinski definition) is 0. The zero-order chi connectivity index (χ0) is 25.2. The molecule has 35 heavy (non-hydrogen) atoms. The van der Waals surface area contributed by atoms with Crippen LogP contribution in [0, 0.1) is 0 Å². The minimum absolute atomic E-state index is 0.271. The van der Waals surface area contributed by atoms with Gasteiger partial charge in [-0.25, -0.2) is 0 Å². The Kier molecular flexibility index (Phi) is 22.1. The number of ether oxygens (including phenoxy) is 4. The normalized spacial score (nSPS) is 13.5. The second-order valence-electron chi connectivity index (χ2n) is 9.21. The topological polar surface area (TPSA) is 74.3 Å². The van der Waals surface area contributed by atoms with Crippen LogP contribution in [-0.2, 0) is 28.5 Å². The van der Waals surface area contributed by atoms with E-state index in [2.05, 4.69) is 6.92 Å². The lowest BCUT2D eigenvalue weighted by molar-refractivity contribution is -0.137. The maximum atomic E-state index is 11.4. The zero-order valence-electron chi connectivity index (χ0n) is 22.3. The summed E-state index contributed by atoms with van der Waals surface area (Å²) in [5.74, 6) is -0.564. The van der Waals surface area contributed by atoms with Crippen molar-refractivity contribution in [3.8, 4) is 0 Å². The van der Waals surface area contributed by atoms with Gasteiger partial charge in [0.2, 0.25) is 0 Å². The van der Waals surface area contributed by atoms with E-state index in [1.54, 1.807) is 0 Å². The summed E-state index contributed by atoms with van der Waals surface area (Å²) in [7, 11) is 0. The fraction of sp³-hybridized carbons (Fsp3) is 0.857. The van der Waals surface area contributed by atoms with E-state index in [4.69, 9.17) is 18.9 Å². The summed E-state index contributed by atoms with van der Waals surface area (Å²) < 4.78 is 21.9. The van der Waals surface area contributed by atoms with Crippen molar-refractivity contribution < 1.29 is 28.5 Å². The molecule has 1 heterocycles. The average Bonchev–Trinajstić information content (AvgIpc) is 3.18. The first-order valence-corrected chi connectivity index (χ1v) is 14.1. The van der Waals surface area contributed by atoms with E-state index >= 15 is 0 Å². The highest BCUT2D eigenvalue weighted by atomic mass is 16.6. The maximum absolute atomic E-state index is 11.4. The summed E-state index contributed by atoms with van der Waals surface area (Å²) in [6, 6.07) is 0. The van der Waals surface area contributed by atoms with Gasteiger partial charge in [-0.05, 0) is 6.42 Å². The third-order valence-electron chi connectivity index (χ3n) is 6.12. The summed E-state index contributed by atoms with van der Waals surface area (Å²) in [6.45, 7) is 6.82. The van der Waals surface area contributed by atoms with Gasteiger partial charge in [0.1, 0.15) is 0 Å². The number of rotatable bonds is 27. The van der Waals surface area contributed by atoms with E-state index in [9.17, 15) is 9.59 Å². The molecule has 2 amide bonds. The number of hydrogen-bond acceptors (Lipinski definition) is 6. The van der Waals surface area contributed by atoms with Gasteiger partial charge >= 0.3 is 0 Å². The molecule has 0 unspecified atom stereocenters.